The van der Waals surface area contributed by atoms with Crippen LogP contribution in [0.15, 0.2) is 80.2 Å². The second kappa shape index (κ2) is 12.0. The van der Waals surface area contributed by atoms with Gasteiger partial charge in [-0.25, -0.2) is 26.6 Å². The van der Waals surface area contributed by atoms with E-state index in [9.17, 15) is 26.7 Å². The predicted molar refractivity (Wildman–Crippen MR) is 152 cm³/mol. The highest BCUT2D eigenvalue weighted by Crippen LogP contribution is 2.30. The summed E-state index contributed by atoms with van der Waals surface area (Å²) >= 11 is 2.21. The van der Waals surface area contributed by atoms with Crippen LogP contribution in [-0.2, 0) is 33.0 Å². The minimum atomic E-state index is -4.42. The third-order valence-electron chi connectivity index (χ3n) is 5.93. The molecule has 0 amide bonds. The molecule has 39 heavy (non-hydrogen) atoms. The Morgan fingerprint density at radius 1 is 1.03 bits per heavy atom. The molecular formula is C26H27N3O6S4. The van der Waals surface area contributed by atoms with Gasteiger partial charge in [-0.2, -0.15) is 0 Å². The van der Waals surface area contributed by atoms with E-state index >= 15 is 0 Å². The summed E-state index contributed by atoms with van der Waals surface area (Å²) in [5.74, 6) is -0.340. The standard InChI is InChI=1S/C26H27N3O6S4/c1-3-4-10-22-27-25(36-2)24(26(30)31)29(22)17-18-12-14-19(15-13-18)20-8-5-6-9-21(20)38(32,33)28-39(34,35)23-11-7-16-37-23/h5-9,11-16,28H,3-4,10,17H2,1-2H3,(H,30,31). The Morgan fingerprint density at radius 2 is 1.74 bits per heavy atom. The maximum Gasteiger partial charge on any atom is 0.355 e. The predicted octanol–water partition coefficient (Wildman–Crippen LogP) is 5.09. The van der Waals surface area contributed by atoms with E-state index in [4.69, 9.17) is 0 Å². The van der Waals surface area contributed by atoms with Crippen molar-refractivity contribution in [3.05, 3.63) is 83.1 Å². The Bertz CT molecular complexity index is 1680. The van der Waals surface area contributed by atoms with Crippen molar-refractivity contribution in [1.29, 1.82) is 0 Å². The van der Waals surface area contributed by atoms with Gasteiger partial charge in [0.15, 0.2) is 5.69 Å². The van der Waals surface area contributed by atoms with E-state index in [1.165, 1.54) is 36.0 Å². The summed E-state index contributed by atoms with van der Waals surface area (Å²) in [6.45, 7) is 2.35. The van der Waals surface area contributed by atoms with Gasteiger partial charge in [-0.3, -0.25) is 0 Å². The number of aromatic nitrogens is 2. The van der Waals surface area contributed by atoms with Crippen LogP contribution in [0.3, 0.4) is 0 Å². The van der Waals surface area contributed by atoms with Crippen molar-refractivity contribution in [2.24, 2.45) is 0 Å². The monoisotopic (exact) mass is 605 g/mol. The van der Waals surface area contributed by atoms with Crippen molar-refractivity contribution in [2.45, 2.75) is 46.9 Å². The smallest absolute Gasteiger partial charge is 0.355 e. The zero-order valence-electron chi connectivity index (χ0n) is 21.2. The number of thioether (sulfide) groups is 1. The maximum atomic E-state index is 13.1. The molecule has 0 fully saturated rings. The SMILES string of the molecule is CCCCc1nc(SC)c(C(=O)O)n1Cc1ccc(-c2ccccc2S(=O)(=O)NS(=O)(=O)c2cccs2)cc1. The number of carboxylic acids is 1. The highest BCUT2D eigenvalue weighted by Gasteiger charge is 2.28. The average Bonchev–Trinajstić information content (AvgIpc) is 3.57. The lowest BCUT2D eigenvalue weighted by Gasteiger charge is -2.13. The number of thiophene rings is 1. The summed E-state index contributed by atoms with van der Waals surface area (Å²) < 4.78 is 55.0. The first-order valence-electron chi connectivity index (χ1n) is 11.9. The molecule has 2 aromatic heterocycles. The molecule has 0 unspecified atom stereocenters. The molecule has 0 spiro atoms. The van der Waals surface area contributed by atoms with E-state index in [1.807, 2.05) is 4.13 Å². The van der Waals surface area contributed by atoms with Crippen molar-refractivity contribution in [1.82, 2.24) is 13.7 Å². The van der Waals surface area contributed by atoms with Crippen LogP contribution in [0.5, 0.6) is 0 Å². The van der Waals surface area contributed by atoms with Crippen molar-refractivity contribution in [3.8, 4) is 11.1 Å². The lowest BCUT2D eigenvalue weighted by atomic mass is 10.0. The van der Waals surface area contributed by atoms with Crippen LogP contribution >= 0.6 is 23.1 Å². The van der Waals surface area contributed by atoms with Crippen LogP contribution in [0.4, 0.5) is 0 Å². The van der Waals surface area contributed by atoms with Gasteiger partial charge in [-0.05, 0) is 41.3 Å². The van der Waals surface area contributed by atoms with E-state index in [-0.39, 0.29) is 21.3 Å². The molecule has 0 radical (unpaired) electrons. The molecule has 13 heteroatoms. The summed E-state index contributed by atoms with van der Waals surface area (Å²) in [5, 5.41) is 11.9. The van der Waals surface area contributed by atoms with Crippen molar-refractivity contribution < 1.29 is 26.7 Å². The third kappa shape index (κ3) is 6.44. The molecule has 0 aliphatic carbocycles. The average molecular weight is 606 g/mol. The van der Waals surface area contributed by atoms with Gasteiger partial charge in [0.25, 0.3) is 20.0 Å². The van der Waals surface area contributed by atoms with Gasteiger partial charge in [-0.1, -0.05) is 66.0 Å². The van der Waals surface area contributed by atoms with E-state index < -0.39 is 26.0 Å². The van der Waals surface area contributed by atoms with Crippen LogP contribution in [0.1, 0.15) is 41.6 Å². The summed E-state index contributed by atoms with van der Waals surface area (Å²) in [6, 6.07) is 16.1. The highest BCUT2D eigenvalue weighted by molar-refractivity contribution is 8.05. The van der Waals surface area contributed by atoms with Gasteiger partial charge in [0.05, 0.1) is 4.90 Å². The molecule has 0 saturated heterocycles. The molecule has 4 rings (SSSR count). The summed E-state index contributed by atoms with van der Waals surface area (Å²) in [5.41, 5.74) is 1.85. The molecule has 0 aliphatic rings. The first kappa shape index (κ1) is 29.0. The number of rotatable bonds is 12. The summed E-state index contributed by atoms with van der Waals surface area (Å²) in [7, 11) is -8.69. The fourth-order valence-electron chi connectivity index (χ4n) is 4.08. The van der Waals surface area contributed by atoms with Gasteiger partial charge in [0, 0.05) is 18.5 Å². The van der Waals surface area contributed by atoms with E-state index in [1.54, 1.807) is 52.6 Å². The lowest BCUT2D eigenvalue weighted by Crippen LogP contribution is -2.30. The molecular weight excluding hydrogens is 579 g/mol. The first-order valence-corrected chi connectivity index (χ1v) is 17.0. The maximum absolute atomic E-state index is 13.1. The normalized spacial score (nSPS) is 12.1. The Labute approximate surface area is 236 Å². The van der Waals surface area contributed by atoms with Gasteiger partial charge >= 0.3 is 5.97 Å². The second-order valence-electron chi connectivity index (χ2n) is 8.60. The molecule has 2 aromatic carbocycles. The van der Waals surface area contributed by atoms with Crippen molar-refractivity contribution in [3.63, 3.8) is 0 Å². The molecule has 0 saturated carbocycles. The Hall–Kier alpha value is -2.97. The number of unbranched alkanes of at least 4 members (excludes halogenated alkanes) is 1. The van der Waals surface area contributed by atoms with E-state index in [2.05, 4.69) is 11.9 Å². The Balaban J connectivity index is 1.66. The van der Waals surface area contributed by atoms with Crippen LogP contribution in [0, 0.1) is 0 Å². The number of carboxylic acid groups (broad SMARTS) is 1. The van der Waals surface area contributed by atoms with Crippen molar-refractivity contribution in [2.75, 3.05) is 6.26 Å². The fraction of sp³-hybridized carbons (Fsp3) is 0.231. The van der Waals surface area contributed by atoms with Gasteiger partial charge in [-0.15, -0.1) is 23.1 Å². The van der Waals surface area contributed by atoms with Gasteiger partial charge in [0.2, 0.25) is 0 Å². The van der Waals surface area contributed by atoms with E-state index in [0.717, 1.165) is 29.7 Å². The number of hydrogen-bond acceptors (Lipinski definition) is 8. The molecule has 4 aromatic rings. The van der Waals surface area contributed by atoms with Crippen LogP contribution < -0.4 is 4.13 Å². The van der Waals surface area contributed by atoms with Gasteiger partial charge < -0.3 is 9.67 Å². The van der Waals surface area contributed by atoms with Gasteiger partial charge in [0.1, 0.15) is 15.1 Å². The molecule has 2 heterocycles. The number of nitrogens with one attached hydrogen (secondary N) is 1. The number of imidazole rings is 1. The molecule has 2 N–H and O–H groups in total. The fourth-order valence-corrected chi connectivity index (χ4v) is 8.93. The third-order valence-corrected chi connectivity index (χ3v) is 11.6. The number of benzene rings is 2. The van der Waals surface area contributed by atoms with E-state index in [0.29, 0.717) is 28.4 Å². The summed E-state index contributed by atoms with van der Waals surface area (Å²) in [4.78, 5) is 16.4. The number of carbonyl (C=O) groups is 1. The topological polar surface area (TPSA) is 135 Å². The largest absolute Gasteiger partial charge is 0.476 e. The molecule has 0 aliphatic heterocycles. The van der Waals surface area contributed by atoms with Crippen molar-refractivity contribution >= 4 is 49.1 Å². The quantitative estimate of drug-likeness (QED) is 0.213. The number of aryl methyl sites for hydroxylation is 1. The summed E-state index contributed by atoms with van der Waals surface area (Å²) in [6.07, 6.45) is 4.28. The minimum Gasteiger partial charge on any atom is -0.476 e. The number of hydrogen-bond donors (Lipinski definition) is 2. The number of sulfonamides is 2. The molecule has 206 valence electrons. The second-order valence-corrected chi connectivity index (χ2v) is 14.2. The Kier molecular flexibility index (Phi) is 8.96. The highest BCUT2D eigenvalue weighted by atomic mass is 32.3. The molecule has 9 nitrogen and oxygen atoms in total. The minimum absolute atomic E-state index is 0.101. The lowest BCUT2D eigenvalue weighted by molar-refractivity contribution is 0.0681. The van der Waals surface area contributed by atoms with Crippen LogP contribution in [-0.4, -0.2) is 43.7 Å². The first-order chi connectivity index (χ1) is 18.6. The number of aromatic carboxylic acids is 1. The Morgan fingerprint density at radius 3 is 2.36 bits per heavy atom. The molecule has 0 atom stereocenters. The zero-order chi connectivity index (χ0) is 28.2. The number of nitrogens with zero attached hydrogens (tertiary/aromatic N) is 2. The van der Waals surface area contributed by atoms with Crippen LogP contribution in [0.2, 0.25) is 0 Å². The zero-order valence-corrected chi connectivity index (χ0v) is 24.5. The molecule has 0 bridgehead atoms. The van der Waals surface area contributed by atoms with Crippen LogP contribution in [0.25, 0.3) is 11.1 Å².